The molecule has 0 saturated heterocycles. The lowest BCUT2D eigenvalue weighted by atomic mass is 10.1. The Bertz CT molecular complexity index is 1230. The fourth-order valence-corrected chi connectivity index (χ4v) is 3.08. The molecule has 6 nitrogen and oxygen atoms in total. The summed E-state index contributed by atoms with van der Waals surface area (Å²) in [4.78, 5) is 21.4. The van der Waals surface area contributed by atoms with Crippen molar-refractivity contribution in [1.82, 2.24) is 9.97 Å². The summed E-state index contributed by atoms with van der Waals surface area (Å²) in [6.45, 7) is 0. The van der Waals surface area contributed by atoms with Gasteiger partial charge in [0, 0.05) is 40.2 Å². The quantitative estimate of drug-likeness (QED) is 0.414. The topological polar surface area (TPSA) is 73.3 Å². The summed E-state index contributed by atoms with van der Waals surface area (Å²) in [5.74, 6) is 1.85. The highest BCUT2D eigenvalue weighted by atomic mass is 35.5. The van der Waals surface area contributed by atoms with E-state index < -0.39 is 0 Å². The van der Waals surface area contributed by atoms with Crippen molar-refractivity contribution in [3.63, 3.8) is 0 Å². The molecule has 1 amide bonds. The molecule has 0 saturated carbocycles. The monoisotopic (exact) mass is 431 g/mol. The molecule has 1 aromatic heterocycles. The molecule has 0 unspecified atom stereocenters. The molecule has 0 radical (unpaired) electrons. The Labute approximate surface area is 184 Å². The zero-order valence-electron chi connectivity index (χ0n) is 16.6. The van der Waals surface area contributed by atoms with E-state index in [1.165, 1.54) is 0 Å². The summed E-state index contributed by atoms with van der Waals surface area (Å²) in [5.41, 5.74) is 1.78. The summed E-state index contributed by atoms with van der Waals surface area (Å²) in [7, 11) is 1.59. The molecule has 0 fully saturated rings. The maximum Gasteiger partial charge on any atom is 0.255 e. The van der Waals surface area contributed by atoms with Crippen molar-refractivity contribution in [2.24, 2.45) is 0 Å². The molecule has 4 aromatic rings. The van der Waals surface area contributed by atoms with E-state index in [2.05, 4.69) is 15.3 Å². The molecule has 0 bridgehead atoms. The molecule has 7 heteroatoms. The molecular formula is C24H18ClN3O3. The van der Waals surface area contributed by atoms with Crippen LogP contribution in [0.4, 0.5) is 5.69 Å². The first kappa shape index (κ1) is 20.4. The van der Waals surface area contributed by atoms with Gasteiger partial charge in [-0.2, -0.15) is 4.98 Å². The highest BCUT2D eigenvalue weighted by molar-refractivity contribution is 6.31. The second-order valence-corrected chi connectivity index (χ2v) is 6.98. The highest BCUT2D eigenvalue weighted by Gasteiger charge is 2.10. The van der Waals surface area contributed by atoms with Crippen molar-refractivity contribution in [2.75, 3.05) is 12.4 Å². The number of nitrogens with zero attached hydrogens (tertiary/aromatic N) is 2. The number of hydrogen-bond donors (Lipinski definition) is 1. The summed E-state index contributed by atoms with van der Waals surface area (Å²) >= 11 is 5.98. The molecular weight excluding hydrogens is 414 g/mol. The number of nitrogens with one attached hydrogen (secondary N) is 1. The van der Waals surface area contributed by atoms with E-state index in [1.54, 1.807) is 67.9 Å². The molecule has 4 rings (SSSR count). The molecule has 0 spiro atoms. The Morgan fingerprint density at radius 1 is 0.935 bits per heavy atom. The maximum absolute atomic E-state index is 12.6. The van der Waals surface area contributed by atoms with Crippen LogP contribution < -0.4 is 14.8 Å². The first-order chi connectivity index (χ1) is 15.1. The molecule has 0 atom stereocenters. The van der Waals surface area contributed by atoms with Crippen LogP contribution in [0.3, 0.4) is 0 Å². The van der Waals surface area contributed by atoms with Gasteiger partial charge in [0.25, 0.3) is 5.91 Å². The molecule has 1 N–H and O–H groups in total. The van der Waals surface area contributed by atoms with Crippen LogP contribution in [-0.2, 0) is 0 Å². The van der Waals surface area contributed by atoms with Gasteiger partial charge in [-0.1, -0.05) is 35.9 Å². The highest BCUT2D eigenvalue weighted by Crippen LogP contribution is 2.26. The van der Waals surface area contributed by atoms with Crippen molar-refractivity contribution >= 4 is 23.2 Å². The zero-order valence-corrected chi connectivity index (χ0v) is 17.3. The average Bonchev–Trinajstić information content (AvgIpc) is 2.79. The van der Waals surface area contributed by atoms with E-state index in [9.17, 15) is 4.79 Å². The van der Waals surface area contributed by atoms with Crippen molar-refractivity contribution in [1.29, 1.82) is 0 Å². The predicted molar refractivity (Wildman–Crippen MR) is 120 cm³/mol. The minimum absolute atomic E-state index is 0.257. The number of amides is 1. The van der Waals surface area contributed by atoms with Gasteiger partial charge in [-0.05, 0) is 42.5 Å². The minimum Gasteiger partial charge on any atom is -0.497 e. The van der Waals surface area contributed by atoms with Crippen LogP contribution in [0.15, 0.2) is 85.1 Å². The molecule has 31 heavy (non-hydrogen) atoms. The van der Waals surface area contributed by atoms with Gasteiger partial charge in [0.1, 0.15) is 11.5 Å². The summed E-state index contributed by atoms with van der Waals surface area (Å²) in [6.07, 6.45) is 1.61. The fraction of sp³-hybridized carbons (Fsp3) is 0.0417. The van der Waals surface area contributed by atoms with E-state index in [0.29, 0.717) is 45.0 Å². The van der Waals surface area contributed by atoms with Crippen molar-refractivity contribution in [3.05, 3.63) is 95.6 Å². The van der Waals surface area contributed by atoms with E-state index in [4.69, 9.17) is 21.1 Å². The van der Waals surface area contributed by atoms with Gasteiger partial charge in [0.05, 0.1) is 7.11 Å². The SMILES string of the molecule is COc1cccc(Oc2ccnc(-c3cccc(C(=O)Nc4cccc(Cl)c4)c3)n2)c1. The number of carbonyl (C=O) groups excluding carboxylic acids is 1. The number of methoxy groups -OCH3 is 1. The molecule has 1 heterocycles. The van der Waals surface area contributed by atoms with Gasteiger partial charge in [-0.15, -0.1) is 0 Å². The van der Waals surface area contributed by atoms with Crippen molar-refractivity contribution < 1.29 is 14.3 Å². The number of anilines is 1. The van der Waals surface area contributed by atoms with Gasteiger partial charge in [0.2, 0.25) is 5.88 Å². The Balaban J connectivity index is 1.54. The van der Waals surface area contributed by atoms with Gasteiger partial charge >= 0.3 is 0 Å². The normalized spacial score (nSPS) is 10.4. The minimum atomic E-state index is -0.257. The van der Waals surface area contributed by atoms with Crippen LogP contribution in [0.2, 0.25) is 5.02 Å². The standard InChI is InChI=1S/C24H18ClN3O3/c1-30-20-9-4-10-21(15-20)31-22-11-12-26-23(28-22)16-5-2-6-17(13-16)24(29)27-19-8-3-7-18(25)14-19/h2-15H,1H3,(H,27,29). The van der Waals surface area contributed by atoms with Crippen LogP contribution in [0.25, 0.3) is 11.4 Å². The van der Waals surface area contributed by atoms with Crippen LogP contribution in [0.1, 0.15) is 10.4 Å². The van der Waals surface area contributed by atoms with E-state index in [-0.39, 0.29) is 5.91 Å². The predicted octanol–water partition coefficient (Wildman–Crippen LogP) is 5.85. The van der Waals surface area contributed by atoms with E-state index in [1.807, 2.05) is 24.3 Å². The third-order valence-corrected chi connectivity index (χ3v) is 4.59. The molecule has 0 aliphatic carbocycles. The van der Waals surface area contributed by atoms with Gasteiger partial charge in [-0.25, -0.2) is 4.98 Å². The fourth-order valence-electron chi connectivity index (χ4n) is 2.89. The molecule has 3 aromatic carbocycles. The maximum atomic E-state index is 12.6. The first-order valence-electron chi connectivity index (χ1n) is 9.43. The zero-order chi connectivity index (χ0) is 21.6. The van der Waals surface area contributed by atoms with Crippen molar-refractivity contribution in [2.45, 2.75) is 0 Å². The summed E-state index contributed by atoms with van der Waals surface area (Å²) < 4.78 is 11.0. The van der Waals surface area contributed by atoms with E-state index >= 15 is 0 Å². The van der Waals surface area contributed by atoms with Gasteiger partial charge < -0.3 is 14.8 Å². The third kappa shape index (κ3) is 5.18. The Kier molecular flexibility index (Phi) is 6.10. The Hall–Kier alpha value is -3.90. The third-order valence-electron chi connectivity index (χ3n) is 4.36. The van der Waals surface area contributed by atoms with Crippen LogP contribution in [0, 0.1) is 0 Å². The lowest BCUT2D eigenvalue weighted by molar-refractivity contribution is 0.102. The largest absolute Gasteiger partial charge is 0.497 e. The number of halogens is 1. The summed E-state index contributed by atoms with van der Waals surface area (Å²) in [6, 6.07) is 22.9. The van der Waals surface area contributed by atoms with Gasteiger partial charge in [-0.3, -0.25) is 4.79 Å². The Morgan fingerprint density at radius 2 is 1.74 bits per heavy atom. The summed E-state index contributed by atoms with van der Waals surface area (Å²) in [5, 5.41) is 3.38. The second kappa shape index (κ2) is 9.28. The smallest absolute Gasteiger partial charge is 0.255 e. The lowest BCUT2D eigenvalue weighted by Gasteiger charge is -2.09. The molecule has 0 aliphatic rings. The average molecular weight is 432 g/mol. The Morgan fingerprint density at radius 3 is 2.58 bits per heavy atom. The van der Waals surface area contributed by atoms with Crippen LogP contribution in [0.5, 0.6) is 17.4 Å². The number of rotatable bonds is 6. The van der Waals surface area contributed by atoms with Gasteiger partial charge in [0.15, 0.2) is 5.82 Å². The first-order valence-corrected chi connectivity index (χ1v) is 9.81. The van der Waals surface area contributed by atoms with E-state index in [0.717, 1.165) is 0 Å². The number of aromatic nitrogens is 2. The molecule has 0 aliphatic heterocycles. The lowest BCUT2D eigenvalue weighted by Crippen LogP contribution is -2.11. The van der Waals surface area contributed by atoms with Crippen LogP contribution >= 0.6 is 11.6 Å². The number of benzene rings is 3. The number of carbonyl (C=O) groups is 1. The van der Waals surface area contributed by atoms with Crippen LogP contribution in [-0.4, -0.2) is 23.0 Å². The number of hydrogen-bond acceptors (Lipinski definition) is 5. The molecule has 154 valence electrons. The van der Waals surface area contributed by atoms with Crippen molar-refractivity contribution in [3.8, 4) is 28.8 Å². The second-order valence-electron chi connectivity index (χ2n) is 6.54. The number of ether oxygens (including phenoxy) is 2.